The quantitative estimate of drug-likeness (QED) is 0.684. The first-order chi connectivity index (χ1) is 16.2. The summed E-state index contributed by atoms with van der Waals surface area (Å²) in [6.45, 7) is 10.8. The van der Waals surface area contributed by atoms with Gasteiger partial charge >= 0.3 is 0 Å². The number of ether oxygens (including phenoxy) is 2. The Labute approximate surface area is 205 Å². The summed E-state index contributed by atoms with van der Waals surface area (Å²) in [5.41, 5.74) is 0.161. The fourth-order valence-corrected chi connectivity index (χ4v) is 5.72. The molecule has 3 fully saturated rings. The van der Waals surface area contributed by atoms with E-state index in [-0.39, 0.29) is 17.4 Å². The number of benzene rings is 1. The molecule has 4 heterocycles. The van der Waals surface area contributed by atoms with Crippen molar-refractivity contribution in [1.29, 1.82) is 0 Å². The molecule has 34 heavy (non-hydrogen) atoms. The molecule has 3 aliphatic heterocycles. The molecule has 1 aromatic heterocycles. The Bertz CT molecular complexity index is 1090. The van der Waals surface area contributed by atoms with Gasteiger partial charge in [0.1, 0.15) is 5.82 Å². The highest BCUT2D eigenvalue weighted by Gasteiger charge is 2.45. The summed E-state index contributed by atoms with van der Waals surface area (Å²) in [6, 6.07) is 5.91. The number of hydrogen-bond donors (Lipinski definition) is 2. The van der Waals surface area contributed by atoms with Crippen LogP contribution in [0.5, 0.6) is 0 Å². The van der Waals surface area contributed by atoms with Gasteiger partial charge in [0.2, 0.25) is 5.91 Å². The molecule has 0 spiro atoms. The molecule has 0 saturated carbocycles. The van der Waals surface area contributed by atoms with Crippen molar-refractivity contribution < 1.29 is 19.4 Å². The average Bonchev–Trinajstić information content (AvgIpc) is 3.34. The Morgan fingerprint density at radius 1 is 1.18 bits per heavy atom. The number of anilines is 2. The van der Waals surface area contributed by atoms with E-state index in [0.717, 1.165) is 42.6 Å². The number of aromatic nitrogens is 1. The van der Waals surface area contributed by atoms with E-state index in [1.54, 1.807) is 6.20 Å². The Hall–Kier alpha value is -1.97. The van der Waals surface area contributed by atoms with Crippen LogP contribution in [-0.2, 0) is 14.3 Å². The molecule has 3 saturated heterocycles. The second kappa shape index (κ2) is 8.91. The van der Waals surface area contributed by atoms with Crippen molar-refractivity contribution in [2.75, 3.05) is 56.2 Å². The summed E-state index contributed by atoms with van der Waals surface area (Å²) in [5.74, 6) is 0.264. The van der Waals surface area contributed by atoms with Crippen LogP contribution in [0.15, 0.2) is 24.4 Å². The van der Waals surface area contributed by atoms with Crippen LogP contribution in [0.4, 0.5) is 11.5 Å². The summed E-state index contributed by atoms with van der Waals surface area (Å²) >= 11 is 6.67. The predicted octanol–water partition coefficient (Wildman–Crippen LogP) is 2.91. The summed E-state index contributed by atoms with van der Waals surface area (Å²) < 4.78 is 11.2. The lowest BCUT2D eigenvalue weighted by Gasteiger charge is -2.45. The number of hydrogen-bond acceptors (Lipinski definition) is 7. The zero-order chi connectivity index (χ0) is 24.1. The van der Waals surface area contributed by atoms with Crippen LogP contribution in [0.2, 0.25) is 5.02 Å². The number of pyridine rings is 1. The van der Waals surface area contributed by atoms with E-state index in [0.29, 0.717) is 37.1 Å². The van der Waals surface area contributed by atoms with Gasteiger partial charge in [0.05, 0.1) is 47.1 Å². The Morgan fingerprint density at radius 3 is 2.59 bits per heavy atom. The van der Waals surface area contributed by atoms with E-state index < -0.39 is 11.7 Å². The van der Waals surface area contributed by atoms with Gasteiger partial charge in [-0.05, 0) is 50.8 Å². The fourth-order valence-electron chi connectivity index (χ4n) is 5.43. The number of aliphatic hydroxyl groups excluding tert-OH is 1. The van der Waals surface area contributed by atoms with E-state index >= 15 is 0 Å². The van der Waals surface area contributed by atoms with Gasteiger partial charge in [-0.15, -0.1) is 0 Å². The molecule has 0 bridgehead atoms. The van der Waals surface area contributed by atoms with E-state index in [4.69, 9.17) is 21.1 Å². The van der Waals surface area contributed by atoms with E-state index in [9.17, 15) is 9.90 Å². The molecule has 3 aliphatic rings. The molecule has 184 valence electrons. The van der Waals surface area contributed by atoms with Crippen molar-refractivity contribution in [3.8, 4) is 0 Å². The van der Waals surface area contributed by atoms with Crippen LogP contribution in [0, 0.1) is 5.92 Å². The van der Waals surface area contributed by atoms with Gasteiger partial charge in [0, 0.05) is 44.4 Å². The number of aliphatic hydroxyl groups is 1. The molecule has 9 heteroatoms. The summed E-state index contributed by atoms with van der Waals surface area (Å²) in [5, 5.41) is 15.9. The number of nitrogens with one attached hydrogen (secondary N) is 1. The van der Waals surface area contributed by atoms with Gasteiger partial charge in [-0.1, -0.05) is 11.6 Å². The van der Waals surface area contributed by atoms with Crippen molar-refractivity contribution in [2.45, 2.75) is 44.4 Å². The standard InChI is InChI=1S/C25H33ClN4O4/c1-24(2)18(4-9-34-24)23(32)28-22-12-16-11-20(19(26)10-17(16)13-27-22)29-5-7-30(8-6-29)25(3)15-33-14-21(25)31/h10-13,18,21,31H,4-9,14-15H2,1-3H3,(H,27,28,32). The molecule has 2 aromatic rings. The second-order valence-electron chi connectivity index (χ2n) is 10.4. The van der Waals surface area contributed by atoms with Gasteiger partial charge in [-0.2, -0.15) is 0 Å². The van der Waals surface area contributed by atoms with Crippen LogP contribution in [0.3, 0.4) is 0 Å². The lowest BCUT2D eigenvalue weighted by atomic mass is 9.90. The molecule has 1 aromatic carbocycles. The molecule has 3 atom stereocenters. The molecule has 1 amide bonds. The van der Waals surface area contributed by atoms with Crippen molar-refractivity contribution >= 4 is 39.8 Å². The third-order valence-electron chi connectivity index (χ3n) is 7.81. The topological polar surface area (TPSA) is 87.2 Å². The Morgan fingerprint density at radius 2 is 1.94 bits per heavy atom. The zero-order valence-electron chi connectivity index (χ0n) is 20.0. The van der Waals surface area contributed by atoms with E-state index in [1.165, 1.54) is 0 Å². The van der Waals surface area contributed by atoms with Gasteiger partial charge < -0.3 is 24.8 Å². The highest BCUT2D eigenvalue weighted by Crippen LogP contribution is 2.35. The van der Waals surface area contributed by atoms with Crippen molar-refractivity contribution in [1.82, 2.24) is 9.88 Å². The predicted molar refractivity (Wildman–Crippen MR) is 133 cm³/mol. The van der Waals surface area contributed by atoms with Crippen LogP contribution in [0.25, 0.3) is 10.8 Å². The van der Waals surface area contributed by atoms with Crippen LogP contribution >= 0.6 is 11.6 Å². The molecular formula is C25H33ClN4O4. The molecule has 3 unspecified atom stereocenters. The number of rotatable bonds is 4. The van der Waals surface area contributed by atoms with Crippen molar-refractivity contribution in [2.24, 2.45) is 5.92 Å². The molecule has 2 N–H and O–H groups in total. The Kier molecular flexibility index (Phi) is 6.23. The molecule has 5 rings (SSSR count). The van der Waals surface area contributed by atoms with Crippen LogP contribution < -0.4 is 10.2 Å². The lowest BCUT2D eigenvalue weighted by Crippen LogP contribution is -2.60. The average molecular weight is 489 g/mol. The minimum Gasteiger partial charge on any atom is -0.389 e. The maximum absolute atomic E-state index is 12.8. The normalized spacial score (nSPS) is 29.6. The lowest BCUT2D eigenvalue weighted by molar-refractivity contribution is -0.124. The zero-order valence-corrected chi connectivity index (χ0v) is 20.8. The highest BCUT2D eigenvalue weighted by molar-refractivity contribution is 6.34. The number of nitrogens with zero attached hydrogens (tertiary/aromatic N) is 3. The third-order valence-corrected chi connectivity index (χ3v) is 8.11. The molecule has 0 aliphatic carbocycles. The smallest absolute Gasteiger partial charge is 0.231 e. The SMILES string of the molecule is CC1(C)OCCC1C(=O)Nc1cc2cc(N3CCN(C4(C)COCC4O)CC3)c(Cl)cc2cn1. The summed E-state index contributed by atoms with van der Waals surface area (Å²) in [7, 11) is 0. The van der Waals surface area contributed by atoms with Gasteiger partial charge in [-0.25, -0.2) is 4.98 Å². The van der Waals surface area contributed by atoms with Crippen LogP contribution in [-0.4, -0.2) is 84.1 Å². The van der Waals surface area contributed by atoms with Crippen molar-refractivity contribution in [3.05, 3.63) is 29.4 Å². The number of carbonyl (C=O) groups excluding carboxylic acids is 1. The summed E-state index contributed by atoms with van der Waals surface area (Å²) in [4.78, 5) is 21.9. The third kappa shape index (κ3) is 4.27. The first kappa shape index (κ1) is 23.8. The maximum Gasteiger partial charge on any atom is 0.231 e. The fraction of sp³-hybridized carbons (Fsp3) is 0.600. The Balaban J connectivity index is 1.32. The summed E-state index contributed by atoms with van der Waals surface area (Å²) in [6.07, 6.45) is 1.99. The van der Waals surface area contributed by atoms with E-state index in [2.05, 4.69) is 33.1 Å². The van der Waals surface area contributed by atoms with Gasteiger partial charge in [0.25, 0.3) is 0 Å². The second-order valence-corrected chi connectivity index (χ2v) is 10.8. The minimum absolute atomic E-state index is 0.0637. The molecule has 8 nitrogen and oxygen atoms in total. The molecular weight excluding hydrogens is 456 g/mol. The first-order valence-corrected chi connectivity index (χ1v) is 12.4. The highest BCUT2D eigenvalue weighted by atomic mass is 35.5. The monoisotopic (exact) mass is 488 g/mol. The van der Waals surface area contributed by atoms with Crippen molar-refractivity contribution in [3.63, 3.8) is 0 Å². The van der Waals surface area contributed by atoms with E-state index in [1.807, 2.05) is 26.0 Å². The largest absolute Gasteiger partial charge is 0.389 e. The number of halogens is 1. The minimum atomic E-state index is -0.471. The maximum atomic E-state index is 12.8. The molecule has 0 radical (unpaired) electrons. The number of carbonyl (C=O) groups is 1. The van der Waals surface area contributed by atoms with Gasteiger partial charge in [-0.3, -0.25) is 9.69 Å². The van der Waals surface area contributed by atoms with Gasteiger partial charge in [0.15, 0.2) is 0 Å². The number of fused-ring (bicyclic) bond motifs is 1. The number of piperazine rings is 1. The first-order valence-electron chi connectivity index (χ1n) is 12.0. The van der Waals surface area contributed by atoms with Crippen LogP contribution in [0.1, 0.15) is 27.2 Å². The number of amides is 1.